The summed E-state index contributed by atoms with van der Waals surface area (Å²) in [5, 5.41) is 6.35. The van der Waals surface area contributed by atoms with Gasteiger partial charge in [-0.25, -0.2) is 4.98 Å². The van der Waals surface area contributed by atoms with Crippen LogP contribution < -0.4 is 15.5 Å². The van der Waals surface area contributed by atoms with E-state index in [0.717, 1.165) is 17.3 Å². The monoisotopic (exact) mass is 247 g/mol. The van der Waals surface area contributed by atoms with Gasteiger partial charge in [-0.15, -0.1) is 6.58 Å². The smallest absolute Gasteiger partial charge is 0.191 e. The molecule has 0 aliphatic heterocycles. The Labute approximate surface area is 109 Å². The Morgan fingerprint density at radius 3 is 2.89 bits per heavy atom. The van der Waals surface area contributed by atoms with Crippen LogP contribution in [0, 0.1) is 0 Å². The molecule has 1 rings (SSSR count). The Kier molecular flexibility index (Phi) is 5.70. The molecular weight excluding hydrogens is 226 g/mol. The summed E-state index contributed by atoms with van der Waals surface area (Å²) in [6, 6.07) is 4.04. The van der Waals surface area contributed by atoms with Gasteiger partial charge in [0, 0.05) is 40.4 Å². The molecule has 0 aromatic carbocycles. The van der Waals surface area contributed by atoms with Crippen LogP contribution >= 0.6 is 0 Å². The highest BCUT2D eigenvalue weighted by Crippen LogP contribution is 2.08. The average molecular weight is 247 g/mol. The molecule has 0 radical (unpaired) electrons. The minimum absolute atomic E-state index is 0.693. The molecule has 98 valence electrons. The summed E-state index contributed by atoms with van der Waals surface area (Å²) in [7, 11) is 5.70. The summed E-state index contributed by atoms with van der Waals surface area (Å²) in [6.45, 7) is 5.06. The third kappa shape index (κ3) is 4.45. The number of anilines is 1. The van der Waals surface area contributed by atoms with E-state index >= 15 is 0 Å². The van der Waals surface area contributed by atoms with Gasteiger partial charge in [-0.3, -0.25) is 4.99 Å². The van der Waals surface area contributed by atoms with Gasteiger partial charge in [-0.05, 0) is 17.7 Å². The molecule has 0 spiro atoms. The Balaban J connectivity index is 2.57. The number of aromatic nitrogens is 1. The second kappa shape index (κ2) is 7.32. The number of rotatable bonds is 5. The van der Waals surface area contributed by atoms with Gasteiger partial charge in [-0.2, -0.15) is 0 Å². The van der Waals surface area contributed by atoms with Crippen LogP contribution in [0.2, 0.25) is 0 Å². The minimum Gasteiger partial charge on any atom is -0.363 e. The molecule has 0 aliphatic carbocycles. The van der Waals surface area contributed by atoms with Crippen LogP contribution in [0.5, 0.6) is 0 Å². The lowest BCUT2D eigenvalue weighted by atomic mass is 10.2. The van der Waals surface area contributed by atoms with E-state index in [2.05, 4.69) is 27.2 Å². The van der Waals surface area contributed by atoms with E-state index in [0.29, 0.717) is 13.1 Å². The molecule has 2 N–H and O–H groups in total. The van der Waals surface area contributed by atoms with Crippen molar-refractivity contribution >= 4 is 11.8 Å². The number of guanidine groups is 1. The quantitative estimate of drug-likeness (QED) is 0.463. The van der Waals surface area contributed by atoms with Crippen molar-refractivity contribution < 1.29 is 0 Å². The Bertz CT molecular complexity index is 412. The van der Waals surface area contributed by atoms with Gasteiger partial charge in [0.1, 0.15) is 5.82 Å². The standard InChI is InChI=1S/C13H21N5/c1-5-7-16-13(14-2)17-10-11-6-8-15-12(9-11)18(3)4/h5-6,8-9H,1,7,10H2,2-4H3,(H2,14,16,17). The first-order chi connectivity index (χ1) is 8.67. The molecule has 0 amide bonds. The Hall–Kier alpha value is -2.04. The number of hydrogen-bond donors (Lipinski definition) is 2. The number of aliphatic imine (C=N–C) groups is 1. The molecule has 0 saturated heterocycles. The van der Waals surface area contributed by atoms with Crippen molar-refractivity contribution in [1.29, 1.82) is 0 Å². The number of hydrogen-bond acceptors (Lipinski definition) is 3. The molecule has 1 aromatic heterocycles. The fourth-order valence-electron chi connectivity index (χ4n) is 1.39. The van der Waals surface area contributed by atoms with E-state index in [9.17, 15) is 0 Å². The molecule has 0 aliphatic rings. The van der Waals surface area contributed by atoms with Crippen LogP contribution in [0.4, 0.5) is 5.82 Å². The van der Waals surface area contributed by atoms with Gasteiger partial charge < -0.3 is 15.5 Å². The summed E-state index contributed by atoms with van der Waals surface area (Å²) in [6.07, 6.45) is 3.61. The molecule has 0 atom stereocenters. The molecule has 5 nitrogen and oxygen atoms in total. The maximum Gasteiger partial charge on any atom is 0.191 e. The zero-order valence-corrected chi connectivity index (χ0v) is 11.3. The third-order valence-corrected chi connectivity index (χ3v) is 2.37. The van der Waals surface area contributed by atoms with Crippen LogP contribution in [0.25, 0.3) is 0 Å². The topological polar surface area (TPSA) is 52.6 Å². The lowest BCUT2D eigenvalue weighted by Crippen LogP contribution is -2.36. The fraction of sp³-hybridized carbons (Fsp3) is 0.385. The maximum atomic E-state index is 4.27. The van der Waals surface area contributed by atoms with Gasteiger partial charge in [0.05, 0.1) is 0 Å². The Morgan fingerprint density at radius 2 is 2.28 bits per heavy atom. The van der Waals surface area contributed by atoms with Crippen LogP contribution in [-0.2, 0) is 6.54 Å². The molecule has 1 aromatic rings. The van der Waals surface area contributed by atoms with Gasteiger partial charge in [0.15, 0.2) is 5.96 Å². The summed E-state index contributed by atoms with van der Waals surface area (Å²) >= 11 is 0. The van der Waals surface area contributed by atoms with Crippen LogP contribution in [0.1, 0.15) is 5.56 Å². The molecule has 0 bridgehead atoms. The predicted octanol–water partition coefficient (Wildman–Crippen LogP) is 0.999. The average Bonchev–Trinajstić information content (AvgIpc) is 2.39. The van der Waals surface area contributed by atoms with Crippen LogP contribution in [0.3, 0.4) is 0 Å². The van der Waals surface area contributed by atoms with Crippen molar-refractivity contribution in [1.82, 2.24) is 15.6 Å². The summed E-state index contributed by atoms with van der Waals surface area (Å²) < 4.78 is 0. The van der Waals surface area contributed by atoms with E-state index in [1.807, 2.05) is 37.3 Å². The molecule has 5 heteroatoms. The van der Waals surface area contributed by atoms with E-state index in [1.165, 1.54) is 0 Å². The van der Waals surface area contributed by atoms with Crippen molar-refractivity contribution in [3.8, 4) is 0 Å². The van der Waals surface area contributed by atoms with Crippen LogP contribution in [-0.4, -0.2) is 38.6 Å². The van der Waals surface area contributed by atoms with Gasteiger partial charge in [0.25, 0.3) is 0 Å². The highest BCUT2D eigenvalue weighted by molar-refractivity contribution is 5.79. The lowest BCUT2D eigenvalue weighted by Gasteiger charge is -2.13. The summed E-state index contributed by atoms with van der Waals surface area (Å²) in [5.74, 6) is 1.71. The SMILES string of the molecule is C=CCNC(=NC)NCc1ccnc(N(C)C)c1. The number of nitrogens with one attached hydrogen (secondary N) is 2. The molecule has 18 heavy (non-hydrogen) atoms. The second-order valence-corrected chi connectivity index (χ2v) is 4.01. The third-order valence-electron chi connectivity index (χ3n) is 2.37. The first-order valence-electron chi connectivity index (χ1n) is 5.85. The molecule has 1 heterocycles. The molecule has 0 saturated carbocycles. The van der Waals surface area contributed by atoms with Gasteiger partial charge >= 0.3 is 0 Å². The lowest BCUT2D eigenvalue weighted by molar-refractivity contribution is 0.844. The first kappa shape index (κ1) is 14.0. The first-order valence-corrected chi connectivity index (χ1v) is 5.85. The highest BCUT2D eigenvalue weighted by Gasteiger charge is 2.00. The van der Waals surface area contributed by atoms with Gasteiger partial charge in [0.2, 0.25) is 0 Å². The second-order valence-electron chi connectivity index (χ2n) is 4.01. The Morgan fingerprint density at radius 1 is 1.50 bits per heavy atom. The van der Waals surface area contributed by atoms with Crippen molar-refractivity contribution in [3.63, 3.8) is 0 Å². The van der Waals surface area contributed by atoms with E-state index in [1.54, 1.807) is 13.1 Å². The minimum atomic E-state index is 0.693. The largest absolute Gasteiger partial charge is 0.363 e. The zero-order chi connectivity index (χ0) is 13.4. The van der Waals surface area contributed by atoms with Crippen molar-refractivity contribution in [2.75, 3.05) is 32.6 Å². The zero-order valence-electron chi connectivity index (χ0n) is 11.3. The van der Waals surface area contributed by atoms with Gasteiger partial charge in [-0.1, -0.05) is 6.08 Å². The number of pyridine rings is 1. The fourth-order valence-corrected chi connectivity index (χ4v) is 1.39. The number of nitrogens with zero attached hydrogens (tertiary/aromatic N) is 3. The highest BCUT2D eigenvalue weighted by atomic mass is 15.2. The molecular formula is C13H21N5. The van der Waals surface area contributed by atoms with Crippen molar-refractivity contribution in [2.45, 2.75) is 6.54 Å². The normalized spacial score (nSPS) is 10.9. The predicted molar refractivity (Wildman–Crippen MR) is 77.0 cm³/mol. The van der Waals surface area contributed by atoms with E-state index in [4.69, 9.17) is 0 Å². The maximum absolute atomic E-state index is 4.27. The summed E-state index contributed by atoms with van der Waals surface area (Å²) in [4.78, 5) is 10.4. The van der Waals surface area contributed by atoms with E-state index in [-0.39, 0.29) is 0 Å². The summed E-state index contributed by atoms with van der Waals surface area (Å²) in [5.41, 5.74) is 1.16. The van der Waals surface area contributed by atoms with Crippen LogP contribution in [0.15, 0.2) is 36.0 Å². The van der Waals surface area contributed by atoms with E-state index < -0.39 is 0 Å². The van der Waals surface area contributed by atoms with Crippen molar-refractivity contribution in [2.24, 2.45) is 4.99 Å². The molecule has 0 unspecified atom stereocenters. The molecule has 0 fully saturated rings. The van der Waals surface area contributed by atoms with Crippen molar-refractivity contribution in [3.05, 3.63) is 36.5 Å².